The summed E-state index contributed by atoms with van der Waals surface area (Å²) in [6.07, 6.45) is 6.18. The van der Waals surface area contributed by atoms with Crippen LogP contribution in [0.3, 0.4) is 0 Å². The fraction of sp³-hybridized carbons (Fsp3) is 0.120. The van der Waals surface area contributed by atoms with Gasteiger partial charge in [-0.1, -0.05) is 72.3 Å². The molecule has 1 aliphatic carbocycles. The third kappa shape index (κ3) is 3.26. The van der Waals surface area contributed by atoms with Gasteiger partial charge in [-0.2, -0.15) is 0 Å². The van der Waals surface area contributed by atoms with Crippen LogP contribution in [0, 0.1) is 6.92 Å². The molecule has 1 aliphatic rings. The van der Waals surface area contributed by atoms with Crippen LogP contribution >= 0.6 is 0 Å². The lowest BCUT2D eigenvalue weighted by Gasteiger charge is -2.32. The number of benzene rings is 3. The van der Waals surface area contributed by atoms with Crippen molar-refractivity contribution in [1.82, 2.24) is 9.29 Å². The highest BCUT2D eigenvalue weighted by Crippen LogP contribution is 2.38. The van der Waals surface area contributed by atoms with Crippen LogP contribution < -0.4 is 4.72 Å². The lowest BCUT2D eigenvalue weighted by Crippen LogP contribution is -2.35. The average molecular weight is 415 g/mol. The van der Waals surface area contributed by atoms with E-state index < -0.39 is 16.1 Å². The molecule has 2 atom stereocenters. The first kappa shape index (κ1) is 18.9. The SMILES string of the molecule is Cc1ccc(S(=O)(=O)N[C@@H]2c3ccccc3C=C[C@H]2n2ccc3ccccc32)cc1. The molecule has 1 aromatic heterocycles. The van der Waals surface area contributed by atoms with Crippen LogP contribution in [0.4, 0.5) is 0 Å². The minimum absolute atomic E-state index is 0.181. The van der Waals surface area contributed by atoms with Crippen molar-refractivity contribution in [2.24, 2.45) is 0 Å². The Morgan fingerprint density at radius 2 is 1.60 bits per heavy atom. The molecule has 5 heteroatoms. The van der Waals surface area contributed by atoms with Crippen molar-refractivity contribution in [1.29, 1.82) is 0 Å². The molecule has 0 radical (unpaired) electrons. The van der Waals surface area contributed by atoms with E-state index >= 15 is 0 Å². The molecule has 4 nitrogen and oxygen atoms in total. The standard InChI is InChI=1S/C25H22N2O2S/c1-18-10-13-21(14-11-18)30(28,29)26-25-22-8-4-2-6-19(22)12-15-24(25)27-17-16-20-7-3-5-9-23(20)27/h2-17,24-26H,1H3/t24-,25-/m1/s1. The maximum Gasteiger partial charge on any atom is 0.241 e. The summed E-state index contributed by atoms with van der Waals surface area (Å²) in [5.74, 6) is 0. The molecule has 0 spiro atoms. The fourth-order valence-corrected chi connectivity index (χ4v) is 5.38. The first-order chi connectivity index (χ1) is 14.5. The van der Waals surface area contributed by atoms with Crippen LogP contribution in [0.5, 0.6) is 0 Å². The van der Waals surface area contributed by atoms with Gasteiger partial charge in [-0.25, -0.2) is 13.1 Å². The Bertz CT molecular complexity index is 1350. The summed E-state index contributed by atoms with van der Waals surface area (Å²) < 4.78 is 31.6. The van der Waals surface area contributed by atoms with Crippen LogP contribution in [0.15, 0.2) is 96.0 Å². The molecular weight excluding hydrogens is 392 g/mol. The summed E-state index contributed by atoms with van der Waals surface area (Å²) in [6, 6.07) is 24.5. The monoisotopic (exact) mass is 414 g/mol. The number of sulfonamides is 1. The normalized spacial score (nSPS) is 18.4. The van der Waals surface area contributed by atoms with Crippen molar-refractivity contribution in [2.45, 2.75) is 23.9 Å². The van der Waals surface area contributed by atoms with Gasteiger partial charge in [0.05, 0.1) is 17.0 Å². The third-order valence-electron chi connectivity index (χ3n) is 5.71. The maximum atomic E-state index is 13.3. The van der Waals surface area contributed by atoms with Crippen LogP contribution in [-0.2, 0) is 10.0 Å². The van der Waals surface area contributed by atoms with Gasteiger partial charge in [0.15, 0.2) is 0 Å². The number of hydrogen-bond donors (Lipinski definition) is 1. The van der Waals surface area contributed by atoms with Crippen molar-refractivity contribution in [3.05, 3.63) is 108 Å². The molecule has 0 amide bonds. The number of aryl methyl sites for hydroxylation is 1. The number of hydrogen-bond acceptors (Lipinski definition) is 2. The van der Waals surface area contributed by atoms with Gasteiger partial charge < -0.3 is 4.57 Å². The fourth-order valence-electron chi connectivity index (χ4n) is 4.15. The van der Waals surface area contributed by atoms with Crippen molar-refractivity contribution >= 4 is 27.0 Å². The Hall–Kier alpha value is -3.15. The highest BCUT2D eigenvalue weighted by atomic mass is 32.2. The molecule has 3 aromatic carbocycles. The Kier molecular flexibility index (Phi) is 4.57. The zero-order chi connectivity index (χ0) is 20.7. The third-order valence-corrected chi connectivity index (χ3v) is 7.17. The Labute approximate surface area is 176 Å². The Morgan fingerprint density at radius 1 is 0.867 bits per heavy atom. The molecule has 5 rings (SSSR count). The number of nitrogens with zero attached hydrogens (tertiary/aromatic N) is 1. The smallest absolute Gasteiger partial charge is 0.241 e. The lowest BCUT2D eigenvalue weighted by atomic mass is 9.89. The van der Waals surface area contributed by atoms with E-state index in [1.807, 2.05) is 61.7 Å². The molecule has 0 saturated carbocycles. The van der Waals surface area contributed by atoms with Gasteiger partial charge in [0.1, 0.15) is 0 Å². The maximum absolute atomic E-state index is 13.3. The molecule has 0 bridgehead atoms. The zero-order valence-electron chi connectivity index (χ0n) is 16.6. The number of aromatic nitrogens is 1. The molecule has 1 N–H and O–H groups in total. The summed E-state index contributed by atoms with van der Waals surface area (Å²) in [5.41, 5.74) is 4.10. The number of fused-ring (bicyclic) bond motifs is 2. The van der Waals surface area contributed by atoms with Crippen LogP contribution in [0.25, 0.3) is 17.0 Å². The van der Waals surface area contributed by atoms with E-state index in [1.165, 1.54) is 0 Å². The van der Waals surface area contributed by atoms with E-state index in [0.717, 1.165) is 27.6 Å². The molecular formula is C25H22N2O2S. The van der Waals surface area contributed by atoms with Gasteiger partial charge >= 0.3 is 0 Å². The summed E-state index contributed by atoms with van der Waals surface area (Å²) in [5, 5.41) is 1.13. The summed E-state index contributed by atoms with van der Waals surface area (Å²) in [6.45, 7) is 1.94. The van der Waals surface area contributed by atoms with Gasteiger partial charge in [-0.05, 0) is 47.7 Å². The van der Waals surface area contributed by atoms with Gasteiger partial charge in [0.2, 0.25) is 10.0 Å². The summed E-state index contributed by atoms with van der Waals surface area (Å²) in [7, 11) is -3.69. The first-order valence-corrected chi connectivity index (χ1v) is 11.4. The predicted molar refractivity (Wildman–Crippen MR) is 121 cm³/mol. The molecule has 4 aromatic rings. The second-order valence-electron chi connectivity index (χ2n) is 7.67. The minimum atomic E-state index is -3.69. The first-order valence-electron chi connectivity index (χ1n) is 9.95. The van der Waals surface area contributed by atoms with E-state index in [1.54, 1.807) is 12.1 Å². The Balaban J connectivity index is 1.61. The molecule has 0 unspecified atom stereocenters. The summed E-state index contributed by atoms with van der Waals surface area (Å²) in [4.78, 5) is 0.274. The molecule has 0 aliphatic heterocycles. The minimum Gasteiger partial charge on any atom is -0.339 e. The number of para-hydroxylation sites is 1. The molecule has 30 heavy (non-hydrogen) atoms. The lowest BCUT2D eigenvalue weighted by molar-refractivity contribution is 0.463. The highest BCUT2D eigenvalue weighted by molar-refractivity contribution is 7.89. The molecule has 0 fully saturated rings. The van der Waals surface area contributed by atoms with Crippen molar-refractivity contribution in [2.75, 3.05) is 0 Å². The van der Waals surface area contributed by atoms with Crippen LogP contribution in [0.2, 0.25) is 0 Å². The zero-order valence-corrected chi connectivity index (χ0v) is 17.4. The Morgan fingerprint density at radius 3 is 2.43 bits per heavy atom. The van der Waals surface area contributed by atoms with E-state index in [2.05, 4.69) is 39.6 Å². The second kappa shape index (κ2) is 7.27. The van der Waals surface area contributed by atoms with E-state index in [9.17, 15) is 8.42 Å². The number of nitrogens with one attached hydrogen (secondary N) is 1. The largest absolute Gasteiger partial charge is 0.339 e. The van der Waals surface area contributed by atoms with Crippen LogP contribution in [-0.4, -0.2) is 13.0 Å². The quantitative estimate of drug-likeness (QED) is 0.497. The van der Waals surface area contributed by atoms with Crippen molar-refractivity contribution in [3.63, 3.8) is 0 Å². The van der Waals surface area contributed by atoms with E-state index in [0.29, 0.717) is 0 Å². The van der Waals surface area contributed by atoms with Crippen LogP contribution in [0.1, 0.15) is 28.8 Å². The molecule has 1 heterocycles. The highest BCUT2D eigenvalue weighted by Gasteiger charge is 2.32. The predicted octanol–water partition coefficient (Wildman–Crippen LogP) is 5.24. The average Bonchev–Trinajstić information content (AvgIpc) is 3.18. The molecule has 150 valence electrons. The van der Waals surface area contributed by atoms with Crippen molar-refractivity contribution < 1.29 is 8.42 Å². The van der Waals surface area contributed by atoms with Crippen molar-refractivity contribution in [3.8, 4) is 0 Å². The van der Waals surface area contributed by atoms with E-state index in [-0.39, 0.29) is 10.9 Å². The topological polar surface area (TPSA) is 51.1 Å². The number of rotatable bonds is 4. The van der Waals surface area contributed by atoms with Gasteiger partial charge in [-0.3, -0.25) is 0 Å². The summed E-state index contributed by atoms with van der Waals surface area (Å²) >= 11 is 0. The van der Waals surface area contributed by atoms with Gasteiger partial charge in [0.25, 0.3) is 0 Å². The van der Waals surface area contributed by atoms with Gasteiger partial charge in [-0.15, -0.1) is 0 Å². The van der Waals surface area contributed by atoms with E-state index in [4.69, 9.17) is 0 Å². The second-order valence-corrected chi connectivity index (χ2v) is 9.39. The molecule has 0 saturated heterocycles. The van der Waals surface area contributed by atoms with Gasteiger partial charge in [0, 0.05) is 11.7 Å².